The van der Waals surface area contributed by atoms with Crippen LogP contribution >= 0.6 is 15.9 Å². The highest BCUT2D eigenvalue weighted by atomic mass is 79.9. The average molecular weight is 381 g/mol. The van der Waals surface area contributed by atoms with Crippen LogP contribution in [-0.2, 0) is 6.42 Å². The minimum absolute atomic E-state index is 0.279. The summed E-state index contributed by atoms with van der Waals surface area (Å²) in [5.41, 5.74) is 1.31. The molecule has 5 nitrogen and oxygen atoms in total. The normalized spacial score (nSPS) is 20.0. The number of fused-ring (bicyclic) bond motifs is 1. The summed E-state index contributed by atoms with van der Waals surface area (Å²) in [4.78, 5) is 4.40. The third kappa shape index (κ3) is 5.11. The largest absolute Gasteiger partial charge is 0.489 e. The van der Waals surface area contributed by atoms with E-state index in [2.05, 4.69) is 49.0 Å². The molecule has 0 saturated carbocycles. The fourth-order valence-electron chi connectivity index (χ4n) is 2.89. The van der Waals surface area contributed by atoms with Crippen LogP contribution in [0, 0.1) is 0 Å². The van der Waals surface area contributed by atoms with Crippen LogP contribution in [0.2, 0.25) is 0 Å². The number of aryl methyl sites for hydroxylation is 1. The highest BCUT2D eigenvalue weighted by Gasteiger charge is 2.19. The molecule has 126 valence electrons. The number of benzene rings is 1. The monoisotopic (exact) mass is 380 g/mol. The summed E-state index contributed by atoms with van der Waals surface area (Å²) in [6.07, 6.45) is 4.66. The molecule has 0 radical (unpaired) electrons. The van der Waals surface area contributed by atoms with Crippen LogP contribution < -0.4 is 20.7 Å². The van der Waals surface area contributed by atoms with E-state index in [0.29, 0.717) is 0 Å². The lowest BCUT2D eigenvalue weighted by Crippen LogP contribution is -2.42. The molecule has 1 aromatic rings. The maximum atomic E-state index is 6.06. The minimum Gasteiger partial charge on any atom is -0.489 e. The molecule has 6 heteroatoms. The first kappa shape index (κ1) is 16.6. The third-order valence-electron chi connectivity index (χ3n) is 4.14. The van der Waals surface area contributed by atoms with Gasteiger partial charge >= 0.3 is 0 Å². The van der Waals surface area contributed by atoms with Gasteiger partial charge in [-0.1, -0.05) is 15.9 Å². The molecule has 0 amide bonds. The molecule has 0 aliphatic carbocycles. The zero-order chi connectivity index (χ0) is 15.9. The number of nitrogens with zero attached hydrogens (tertiary/aromatic N) is 1. The first-order chi connectivity index (χ1) is 11.3. The van der Waals surface area contributed by atoms with E-state index in [1.54, 1.807) is 0 Å². The zero-order valence-electron chi connectivity index (χ0n) is 13.4. The van der Waals surface area contributed by atoms with Crippen molar-refractivity contribution in [2.75, 3.05) is 32.7 Å². The Labute approximate surface area is 146 Å². The van der Waals surface area contributed by atoms with Gasteiger partial charge in [0.15, 0.2) is 5.96 Å². The SMILES string of the molecule is Brc1ccc2c(c1)CCC(CNCCCNC1=NCCCN1)O2. The van der Waals surface area contributed by atoms with Crippen LogP contribution in [0.5, 0.6) is 5.75 Å². The van der Waals surface area contributed by atoms with Crippen LogP contribution in [0.3, 0.4) is 0 Å². The number of ether oxygens (including phenoxy) is 1. The number of hydrogen-bond donors (Lipinski definition) is 3. The van der Waals surface area contributed by atoms with E-state index in [4.69, 9.17) is 4.74 Å². The van der Waals surface area contributed by atoms with Crippen molar-refractivity contribution in [3.8, 4) is 5.75 Å². The van der Waals surface area contributed by atoms with E-state index >= 15 is 0 Å². The molecule has 2 aliphatic heterocycles. The number of nitrogens with one attached hydrogen (secondary N) is 3. The van der Waals surface area contributed by atoms with Gasteiger partial charge in [0.25, 0.3) is 0 Å². The maximum absolute atomic E-state index is 6.06. The molecule has 0 spiro atoms. The highest BCUT2D eigenvalue weighted by Crippen LogP contribution is 2.29. The van der Waals surface area contributed by atoms with Crippen LogP contribution in [0.1, 0.15) is 24.8 Å². The molecule has 3 N–H and O–H groups in total. The Kier molecular flexibility index (Phi) is 6.16. The molecule has 0 bridgehead atoms. The molecule has 1 aromatic carbocycles. The van der Waals surface area contributed by atoms with Gasteiger partial charge in [-0.2, -0.15) is 0 Å². The summed E-state index contributed by atoms with van der Waals surface area (Å²) in [6, 6.07) is 6.27. The third-order valence-corrected chi connectivity index (χ3v) is 4.64. The molecule has 1 unspecified atom stereocenters. The lowest BCUT2D eigenvalue weighted by atomic mass is 10.0. The first-order valence-corrected chi connectivity index (χ1v) is 9.28. The van der Waals surface area contributed by atoms with Crippen LogP contribution in [0.15, 0.2) is 27.7 Å². The van der Waals surface area contributed by atoms with E-state index in [9.17, 15) is 0 Å². The molecular formula is C17H25BrN4O. The Morgan fingerprint density at radius 3 is 3.17 bits per heavy atom. The second-order valence-electron chi connectivity index (χ2n) is 6.03. The highest BCUT2D eigenvalue weighted by molar-refractivity contribution is 9.10. The lowest BCUT2D eigenvalue weighted by Gasteiger charge is -2.26. The Morgan fingerprint density at radius 1 is 1.35 bits per heavy atom. The van der Waals surface area contributed by atoms with Gasteiger partial charge < -0.3 is 20.7 Å². The van der Waals surface area contributed by atoms with Crippen LogP contribution in [-0.4, -0.2) is 44.8 Å². The number of aliphatic imine (C=N–C) groups is 1. The number of rotatable bonds is 6. The molecule has 0 aromatic heterocycles. The summed E-state index contributed by atoms with van der Waals surface area (Å²) in [6.45, 7) is 4.81. The zero-order valence-corrected chi connectivity index (χ0v) is 15.0. The van der Waals surface area contributed by atoms with Crippen LogP contribution in [0.25, 0.3) is 0 Å². The van der Waals surface area contributed by atoms with Gasteiger partial charge in [-0.3, -0.25) is 4.99 Å². The lowest BCUT2D eigenvalue weighted by molar-refractivity contribution is 0.170. The van der Waals surface area contributed by atoms with Crippen molar-refractivity contribution in [1.29, 1.82) is 0 Å². The van der Waals surface area contributed by atoms with Crippen molar-refractivity contribution in [1.82, 2.24) is 16.0 Å². The second kappa shape index (κ2) is 8.55. The topological polar surface area (TPSA) is 57.7 Å². The molecular weight excluding hydrogens is 356 g/mol. The fourth-order valence-corrected chi connectivity index (χ4v) is 3.30. The average Bonchev–Trinajstić information content (AvgIpc) is 2.59. The number of guanidine groups is 1. The van der Waals surface area contributed by atoms with Crippen molar-refractivity contribution in [2.45, 2.75) is 31.8 Å². The number of halogens is 1. The molecule has 3 rings (SSSR count). The van der Waals surface area contributed by atoms with Gasteiger partial charge in [-0.25, -0.2) is 0 Å². The van der Waals surface area contributed by atoms with Crippen molar-refractivity contribution >= 4 is 21.9 Å². The van der Waals surface area contributed by atoms with Crippen LogP contribution in [0.4, 0.5) is 0 Å². The van der Waals surface area contributed by atoms with Gasteiger partial charge in [0.1, 0.15) is 11.9 Å². The molecule has 1 atom stereocenters. The van der Waals surface area contributed by atoms with Gasteiger partial charge in [0.2, 0.25) is 0 Å². The Morgan fingerprint density at radius 2 is 2.30 bits per heavy atom. The fraction of sp³-hybridized carbons (Fsp3) is 0.588. The van der Waals surface area contributed by atoms with E-state index in [1.807, 2.05) is 6.07 Å². The smallest absolute Gasteiger partial charge is 0.191 e. The van der Waals surface area contributed by atoms with Gasteiger partial charge in [0.05, 0.1) is 0 Å². The molecule has 0 fully saturated rings. The summed E-state index contributed by atoms with van der Waals surface area (Å²) < 4.78 is 7.19. The van der Waals surface area contributed by atoms with Gasteiger partial charge in [-0.15, -0.1) is 0 Å². The number of hydrogen-bond acceptors (Lipinski definition) is 5. The van der Waals surface area contributed by atoms with Gasteiger partial charge in [0, 0.05) is 30.7 Å². The van der Waals surface area contributed by atoms with E-state index in [-0.39, 0.29) is 6.10 Å². The predicted molar refractivity (Wildman–Crippen MR) is 97.3 cm³/mol. The summed E-state index contributed by atoms with van der Waals surface area (Å²) in [7, 11) is 0. The summed E-state index contributed by atoms with van der Waals surface area (Å²) >= 11 is 3.51. The van der Waals surface area contributed by atoms with Gasteiger partial charge in [-0.05, 0) is 56.0 Å². The van der Waals surface area contributed by atoms with E-state index < -0.39 is 0 Å². The first-order valence-electron chi connectivity index (χ1n) is 8.49. The maximum Gasteiger partial charge on any atom is 0.191 e. The van der Waals surface area contributed by atoms with Crippen molar-refractivity contribution in [2.24, 2.45) is 4.99 Å². The standard InChI is InChI=1S/C17H25BrN4O/c18-14-4-6-16-13(11-14)3-5-15(23-16)12-19-7-1-8-20-17-21-9-2-10-22-17/h4,6,11,15,19H,1-3,5,7-10,12H2,(H2,20,21,22). The minimum atomic E-state index is 0.279. The second-order valence-corrected chi connectivity index (χ2v) is 6.94. The Bertz CT molecular complexity index is 549. The van der Waals surface area contributed by atoms with E-state index in [1.165, 1.54) is 5.56 Å². The molecule has 2 heterocycles. The molecule has 0 saturated heterocycles. The van der Waals surface area contributed by atoms with Crippen molar-refractivity contribution in [3.05, 3.63) is 28.2 Å². The Balaban J connectivity index is 1.29. The van der Waals surface area contributed by atoms with E-state index in [0.717, 1.165) is 74.6 Å². The summed E-state index contributed by atoms with van der Waals surface area (Å²) in [5, 5.41) is 10.1. The molecule has 2 aliphatic rings. The predicted octanol–water partition coefficient (Wildman–Crippen LogP) is 2.06. The van der Waals surface area contributed by atoms with Crippen molar-refractivity contribution in [3.63, 3.8) is 0 Å². The quantitative estimate of drug-likeness (QED) is 0.661. The summed E-state index contributed by atoms with van der Waals surface area (Å²) in [5.74, 6) is 1.99. The molecule has 23 heavy (non-hydrogen) atoms. The Hall–Kier alpha value is -1.27. The van der Waals surface area contributed by atoms with Crippen molar-refractivity contribution < 1.29 is 4.74 Å².